The Morgan fingerprint density at radius 2 is 1.30 bits per heavy atom. The highest BCUT2D eigenvalue weighted by atomic mass is 31.3. The first-order chi connectivity index (χ1) is 35.5. The van der Waals surface area contributed by atoms with Gasteiger partial charge in [0.25, 0.3) is 0 Å². The van der Waals surface area contributed by atoms with Gasteiger partial charge >= 0.3 is 33.3 Å². The zero-order valence-electron chi connectivity index (χ0n) is 43.1. The number of hydrogen-bond donors (Lipinski definition) is 7. The standard InChI is InChI=1S/C52H83N3O17P2/c1-3-5-7-9-11-12-13-14-15-16-17-18-19-20-21-23-29-35-48(59)70-44(39-67-47(58)36-30-34-43(57)33-28-25-24-27-32-42(56)31-26-22-10-8-6-4-2)40-68-73(63,64)72-74(65,66)69-41-45-49(60)50(61)51(71-45)55-38-37-46(53)54-52(55)62/h14-15,17-18,20-22,24-28,32-33,37-38,42-45,49-51,56-57,60-61H,3-13,16,19,23,29-31,34-36,39-41H2,1-2H3,(H,63,64)(H,65,66)(H2,53,54,62)/b15-14-,18-17-,21-20-,25-24+,26-22-,32-27+,33-28-/t42-,43-,44-,45-,49-,50-,51-/m1/s1. The van der Waals surface area contributed by atoms with Gasteiger partial charge in [-0.2, -0.15) is 9.29 Å². The number of nitrogens with zero attached hydrogens (tertiary/aromatic N) is 2. The molecule has 0 bridgehead atoms. The van der Waals surface area contributed by atoms with E-state index in [-0.39, 0.29) is 31.5 Å². The molecule has 0 amide bonds. The van der Waals surface area contributed by atoms with Crippen molar-refractivity contribution in [3.05, 3.63) is 108 Å². The Kier molecular flexibility index (Phi) is 35.0. The summed E-state index contributed by atoms with van der Waals surface area (Å²) in [5.74, 6) is -1.62. The molecular weight excluding hydrogens is 1000 g/mol. The molecule has 8 N–H and O–H groups in total. The van der Waals surface area contributed by atoms with Crippen LogP contribution in [0, 0.1) is 0 Å². The first-order valence-corrected chi connectivity index (χ1v) is 28.8. The van der Waals surface area contributed by atoms with Crippen LogP contribution in [-0.4, -0.2) is 108 Å². The van der Waals surface area contributed by atoms with E-state index in [0.29, 0.717) is 19.3 Å². The number of hydrogen-bond acceptors (Lipinski definition) is 17. The van der Waals surface area contributed by atoms with Crippen LogP contribution in [0.3, 0.4) is 0 Å². The molecule has 1 aromatic rings. The molecule has 2 heterocycles. The number of carbonyl (C=O) groups is 2. The number of rotatable bonds is 41. The van der Waals surface area contributed by atoms with Crippen molar-refractivity contribution in [3.8, 4) is 0 Å². The van der Waals surface area contributed by atoms with Gasteiger partial charge in [0.1, 0.15) is 30.7 Å². The Morgan fingerprint density at radius 1 is 0.730 bits per heavy atom. The highest BCUT2D eigenvalue weighted by molar-refractivity contribution is 7.61. The van der Waals surface area contributed by atoms with Gasteiger partial charge in [-0.3, -0.25) is 23.2 Å². The number of anilines is 1. The Hall–Kier alpha value is -4.14. The van der Waals surface area contributed by atoms with Crippen LogP contribution in [0.15, 0.2) is 102 Å². The average molecular weight is 1080 g/mol. The number of unbranched alkanes of at least 4 members (excludes halogenated alkanes) is 10. The minimum atomic E-state index is -5.50. The van der Waals surface area contributed by atoms with Gasteiger partial charge in [0.05, 0.1) is 25.4 Å². The van der Waals surface area contributed by atoms with Crippen LogP contribution >= 0.6 is 15.6 Å². The summed E-state index contributed by atoms with van der Waals surface area (Å²) in [7, 11) is -11.0. The number of esters is 2. The molecule has 2 rings (SSSR count). The molecule has 74 heavy (non-hydrogen) atoms. The second-order valence-corrected chi connectivity index (χ2v) is 20.8. The second kappa shape index (κ2) is 39.3. The highest BCUT2D eigenvalue weighted by Gasteiger charge is 2.46. The number of nitrogens with two attached hydrogens (primary N) is 1. The summed E-state index contributed by atoms with van der Waals surface area (Å²) in [5.41, 5.74) is 4.56. The Labute approximate surface area is 436 Å². The predicted octanol–water partition coefficient (Wildman–Crippen LogP) is 8.61. The van der Waals surface area contributed by atoms with Crippen molar-refractivity contribution in [2.24, 2.45) is 0 Å². The Morgan fingerprint density at radius 3 is 1.97 bits per heavy atom. The normalized spacial score (nSPS) is 20.4. The van der Waals surface area contributed by atoms with Crippen molar-refractivity contribution in [3.63, 3.8) is 0 Å². The van der Waals surface area contributed by atoms with Gasteiger partial charge in [-0.15, -0.1) is 0 Å². The molecule has 20 nitrogen and oxygen atoms in total. The van der Waals surface area contributed by atoms with Gasteiger partial charge in [-0.25, -0.2) is 13.9 Å². The Balaban J connectivity index is 1.89. The fourth-order valence-electron chi connectivity index (χ4n) is 7.05. The SMILES string of the molecule is CCCCC/C=C\C[C@@H](O)/C=C/C=C/C=C\[C@@H](O)CCCC(=O)OC[C@H](COP(=O)(O)OP(=O)(O)OC[C@H]1O[C@@H](n2ccc(N)nc2=O)[C@H](O)[C@@H]1O)OC(=O)CCC/C=C\C/C=C\C/C=C\CCCCCCCC. The number of phosphoric acid groups is 2. The monoisotopic (exact) mass is 1080 g/mol. The number of carbonyl (C=O) groups excluding carboxylic acids is 2. The van der Waals surface area contributed by atoms with Crippen LogP contribution in [0.25, 0.3) is 0 Å². The van der Waals surface area contributed by atoms with Crippen molar-refractivity contribution < 1.29 is 76.5 Å². The molecule has 1 aliphatic heterocycles. The van der Waals surface area contributed by atoms with Gasteiger partial charge in [0.2, 0.25) is 0 Å². The van der Waals surface area contributed by atoms with Crippen molar-refractivity contribution in [2.45, 2.75) is 185 Å². The van der Waals surface area contributed by atoms with Crippen molar-refractivity contribution in [2.75, 3.05) is 25.6 Å². The van der Waals surface area contributed by atoms with Crippen LogP contribution < -0.4 is 11.4 Å². The molecular formula is C52H83N3O17P2. The first-order valence-electron chi connectivity index (χ1n) is 25.8. The zero-order valence-corrected chi connectivity index (χ0v) is 44.9. The van der Waals surface area contributed by atoms with Crippen LogP contribution in [0.1, 0.15) is 148 Å². The summed E-state index contributed by atoms with van der Waals surface area (Å²) in [6.07, 6.45) is 34.4. The molecule has 2 unspecified atom stereocenters. The van der Waals surface area contributed by atoms with Crippen molar-refractivity contribution in [1.82, 2.24) is 9.55 Å². The highest BCUT2D eigenvalue weighted by Crippen LogP contribution is 2.60. The maximum atomic E-state index is 12.9. The molecule has 1 fully saturated rings. The molecule has 0 aromatic carbocycles. The molecule has 1 aliphatic rings. The third kappa shape index (κ3) is 31.7. The van der Waals surface area contributed by atoms with Crippen LogP contribution in [0.2, 0.25) is 0 Å². The van der Waals surface area contributed by atoms with E-state index in [2.05, 4.69) is 53.5 Å². The lowest BCUT2D eigenvalue weighted by Gasteiger charge is -2.21. The molecule has 1 saturated heterocycles. The van der Waals surface area contributed by atoms with E-state index in [4.69, 9.17) is 29.0 Å². The first kappa shape index (κ1) is 66.0. The fourth-order valence-corrected chi connectivity index (χ4v) is 9.16. The maximum Gasteiger partial charge on any atom is 0.481 e. The van der Waals surface area contributed by atoms with Crippen LogP contribution in [0.4, 0.5) is 5.82 Å². The third-order valence-electron chi connectivity index (χ3n) is 11.1. The second-order valence-electron chi connectivity index (χ2n) is 17.7. The molecule has 1 aromatic heterocycles. The van der Waals surface area contributed by atoms with E-state index in [1.807, 2.05) is 18.2 Å². The lowest BCUT2D eigenvalue weighted by Crippen LogP contribution is -2.36. The number of nitrogen functional groups attached to an aromatic ring is 1. The Bertz CT molecular complexity index is 2110. The summed E-state index contributed by atoms with van der Waals surface area (Å²) < 4.78 is 56.5. The largest absolute Gasteiger partial charge is 0.481 e. The summed E-state index contributed by atoms with van der Waals surface area (Å²) in [6, 6.07) is 1.23. The van der Waals surface area contributed by atoms with Gasteiger partial charge in [0, 0.05) is 19.0 Å². The fraction of sp³-hybridized carbons (Fsp3) is 0.615. The zero-order chi connectivity index (χ0) is 54.5. The minimum absolute atomic E-state index is 0.0786. The minimum Gasteiger partial charge on any atom is -0.462 e. The third-order valence-corrected chi connectivity index (χ3v) is 13.7. The van der Waals surface area contributed by atoms with Gasteiger partial charge < -0.3 is 50.2 Å². The quantitative estimate of drug-likeness (QED) is 0.0106. The molecule has 0 spiro atoms. The van der Waals surface area contributed by atoms with Crippen LogP contribution in [0.5, 0.6) is 0 Å². The number of allylic oxidation sites excluding steroid dienone is 11. The number of ether oxygens (including phenoxy) is 3. The van der Waals surface area contributed by atoms with Gasteiger partial charge in [-0.05, 0) is 76.7 Å². The van der Waals surface area contributed by atoms with E-state index >= 15 is 0 Å². The van der Waals surface area contributed by atoms with Crippen LogP contribution in [-0.2, 0) is 46.3 Å². The van der Waals surface area contributed by atoms with E-state index in [1.165, 1.54) is 57.1 Å². The lowest BCUT2D eigenvalue weighted by molar-refractivity contribution is -0.161. The number of phosphoric ester groups is 2. The van der Waals surface area contributed by atoms with E-state index in [0.717, 1.165) is 49.3 Å². The molecule has 418 valence electrons. The van der Waals surface area contributed by atoms with Gasteiger partial charge in [0.15, 0.2) is 12.3 Å². The smallest absolute Gasteiger partial charge is 0.462 e. The van der Waals surface area contributed by atoms with Crippen molar-refractivity contribution >= 4 is 33.4 Å². The average Bonchev–Trinajstić information content (AvgIpc) is 3.63. The molecule has 9 atom stereocenters. The van der Waals surface area contributed by atoms with Crippen molar-refractivity contribution in [1.29, 1.82) is 0 Å². The van der Waals surface area contributed by atoms with E-state index in [1.54, 1.807) is 30.4 Å². The number of aliphatic hydroxyl groups is 4. The molecule has 0 saturated carbocycles. The molecule has 22 heteroatoms. The summed E-state index contributed by atoms with van der Waals surface area (Å²) in [6.45, 7) is 1.79. The van der Waals surface area contributed by atoms with E-state index in [9.17, 15) is 53.7 Å². The van der Waals surface area contributed by atoms with Gasteiger partial charge in [-0.1, -0.05) is 144 Å². The molecule has 0 radical (unpaired) electrons. The number of aliphatic hydroxyl groups excluding tert-OH is 4. The predicted molar refractivity (Wildman–Crippen MR) is 282 cm³/mol. The maximum absolute atomic E-state index is 12.9. The molecule has 0 aliphatic carbocycles. The number of aromatic nitrogens is 2. The topological polar surface area (TPSA) is 306 Å². The summed E-state index contributed by atoms with van der Waals surface area (Å²) >= 11 is 0. The summed E-state index contributed by atoms with van der Waals surface area (Å²) in [4.78, 5) is 61.9. The van der Waals surface area contributed by atoms with E-state index < -0.39 is 95.9 Å². The summed E-state index contributed by atoms with van der Waals surface area (Å²) in [5, 5.41) is 41.3. The lowest BCUT2D eigenvalue weighted by atomic mass is 10.1.